The standard InChI is InChI=1S/C56H37NS/c1-3-14-40(15-4-1)50-36-37-53(56-54(50)52-27-13-26-51(55(52)58-56)41-16-5-2-6-17-41)57(44-32-28-42(29-33-44)48-24-11-20-38-18-7-9-22-46(38)48)45-34-30-43(31-35-45)49-25-12-21-39-19-8-10-23-47(39)49/h1-37H. The molecular formula is C56H37NS. The maximum absolute atomic E-state index is 2.45. The van der Waals surface area contributed by atoms with Gasteiger partial charge in [0.15, 0.2) is 0 Å². The van der Waals surface area contributed by atoms with Gasteiger partial charge in [-0.3, -0.25) is 0 Å². The van der Waals surface area contributed by atoms with E-state index < -0.39 is 0 Å². The van der Waals surface area contributed by atoms with Gasteiger partial charge in [-0.15, -0.1) is 11.3 Å². The molecule has 0 atom stereocenters. The average Bonchev–Trinajstić information content (AvgIpc) is 3.70. The predicted octanol–water partition coefficient (Wildman–Crippen LogP) is 16.5. The summed E-state index contributed by atoms with van der Waals surface area (Å²) in [6.07, 6.45) is 0. The van der Waals surface area contributed by atoms with Crippen molar-refractivity contribution in [1.29, 1.82) is 0 Å². The van der Waals surface area contributed by atoms with E-state index in [0.717, 1.165) is 17.1 Å². The van der Waals surface area contributed by atoms with Gasteiger partial charge >= 0.3 is 0 Å². The summed E-state index contributed by atoms with van der Waals surface area (Å²) in [6.45, 7) is 0. The van der Waals surface area contributed by atoms with Crippen LogP contribution >= 0.6 is 11.3 Å². The first-order chi connectivity index (χ1) is 28.8. The van der Waals surface area contributed by atoms with Gasteiger partial charge in [0, 0.05) is 26.8 Å². The molecule has 0 radical (unpaired) electrons. The van der Waals surface area contributed by atoms with Crippen molar-refractivity contribution < 1.29 is 0 Å². The van der Waals surface area contributed by atoms with E-state index in [1.54, 1.807) is 0 Å². The average molecular weight is 756 g/mol. The van der Waals surface area contributed by atoms with E-state index in [0.29, 0.717) is 0 Å². The Kier molecular flexibility index (Phi) is 8.42. The van der Waals surface area contributed by atoms with Crippen LogP contribution in [0.15, 0.2) is 224 Å². The number of fused-ring (bicyclic) bond motifs is 5. The number of hydrogen-bond acceptors (Lipinski definition) is 2. The summed E-state index contributed by atoms with van der Waals surface area (Å²) >= 11 is 1.90. The third kappa shape index (κ3) is 5.86. The van der Waals surface area contributed by atoms with Crippen molar-refractivity contribution in [2.45, 2.75) is 0 Å². The molecule has 0 aliphatic rings. The zero-order chi connectivity index (χ0) is 38.4. The molecule has 0 bridgehead atoms. The molecule has 0 spiro atoms. The number of rotatable bonds is 7. The molecule has 0 amide bonds. The molecule has 11 aromatic rings. The van der Waals surface area contributed by atoms with E-state index in [1.165, 1.54) is 86.2 Å². The summed E-state index contributed by atoms with van der Waals surface area (Å²) in [5.74, 6) is 0. The molecule has 1 nitrogen and oxygen atoms in total. The highest BCUT2D eigenvalue weighted by Crippen LogP contribution is 2.50. The van der Waals surface area contributed by atoms with Crippen LogP contribution in [0.3, 0.4) is 0 Å². The van der Waals surface area contributed by atoms with Crippen LogP contribution in [0.25, 0.3) is 86.2 Å². The van der Waals surface area contributed by atoms with Crippen LogP contribution in [0.2, 0.25) is 0 Å². The minimum atomic E-state index is 1.11. The molecule has 0 saturated carbocycles. The molecule has 0 aliphatic carbocycles. The minimum absolute atomic E-state index is 1.11. The molecule has 0 unspecified atom stereocenters. The van der Waals surface area contributed by atoms with Crippen molar-refractivity contribution in [2.24, 2.45) is 0 Å². The number of anilines is 3. The van der Waals surface area contributed by atoms with Gasteiger partial charge in [0.2, 0.25) is 0 Å². The van der Waals surface area contributed by atoms with Crippen LogP contribution in [0.4, 0.5) is 17.1 Å². The van der Waals surface area contributed by atoms with Gasteiger partial charge in [0.25, 0.3) is 0 Å². The van der Waals surface area contributed by atoms with Gasteiger partial charge < -0.3 is 4.90 Å². The van der Waals surface area contributed by atoms with Crippen LogP contribution in [-0.2, 0) is 0 Å². The third-order valence-corrected chi connectivity index (χ3v) is 12.7. The van der Waals surface area contributed by atoms with Crippen LogP contribution in [0, 0.1) is 0 Å². The van der Waals surface area contributed by atoms with Crippen molar-refractivity contribution in [2.75, 3.05) is 4.90 Å². The maximum Gasteiger partial charge on any atom is 0.0640 e. The molecule has 10 aromatic carbocycles. The first-order valence-corrected chi connectivity index (χ1v) is 20.7. The second-order valence-corrected chi connectivity index (χ2v) is 15.9. The predicted molar refractivity (Wildman–Crippen MR) is 251 cm³/mol. The minimum Gasteiger partial charge on any atom is -0.309 e. The summed E-state index contributed by atoms with van der Waals surface area (Å²) in [5, 5.41) is 7.58. The summed E-state index contributed by atoms with van der Waals surface area (Å²) in [5.41, 5.74) is 13.2. The Morgan fingerprint density at radius 1 is 0.276 bits per heavy atom. The van der Waals surface area contributed by atoms with E-state index in [2.05, 4.69) is 229 Å². The van der Waals surface area contributed by atoms with Crippen LogP contribution in [0.5, 0.6) is 0 Å². The third-order valence-electron chi connectivity index (χ3n) is 11.5. The van der Waals surface area contributed by atoms with Crippen molar-refractivity contribution in [1.82, 2.24) is 0 Å². The fraction of sp³-hybridized carbons (Fsp3) is 0. The van der Waals surface area contributed by atoms with Crippen molar-refractivity contribution in [3.8, 4) is 44.5 Å². The molecular weight excluding hydrogens is 719 g/mol. The number of hydrogen-bond donors (Lipinski definition) is 0. The first kappa shape index (κ1) is 34.0. The Labute approximate surface area is 342 Å². The molecule has 1 heterocycles. The summed E-state index contributed by atoms with van der Waals surface area (Å²) in [6, 6.07) is 81.8. The Morgan fingerprint density at radius 3 is 1.28 bits per heavy atom. The second kappa shape index (κ2) is 14.4. The van der Waals surface area contributed by atoms with E-state index in [1.807, 2.05) is 11.3 Å². The molecule has 0 fully saturated rings. The van der Waals surface area contributed by atoms with Crippen LogP contribution < -0.4 is 4.90 Å². The lowest BCUT2D eigenvalue weighted by Gasteiger charge is -2.27. The van der Waals surface area contributed by atoms with E-state index >= 15 is 0 Å². The highest BCUT2D eigenvalue weighted by Gasteiger charge is 2.22. The maximum atomic E-state index is 2.45. The van der Waals surface area contributed by atoms with Gasteiger partial charge in [-0.1, -0.05) is 194 Å². The zero-order valence-electron chi connectivity index (χ0n) is 31.7. The number of nitrogens with zero attached hydrogens (tertiary/aromatic N) is 1. The molecule has 0 N–H and O–H groups in total. The molecule has 0 aliphatic heterocycles. The number of benzene rings is 10. The van der Waals surface area contributed by atoms with Gasteiger partial charge in [-0.25, -0.2) is 0 Å². The lowest BCUT2D eigenvalue weighted by atomic mass is 9.96. The Hall–Kier alpha value is -7.26. The highest BCUT2D eigenvalue weighted by molar-refractivity contribution is 7.27. The quantitative estimate of drug-likeness (QED) is 0.157. The van der Waals surface area contributed by atoms with E-state index in [-0.39, 0.29) is 0 Å². The normalized spacial score (nSPS) is 11.4. The fourth-order valence-electron chi connectivity index (χ4n) is 8.73. The Bertz CT molecular complexity index is 3120. The molecule has 1 aromatic heterocycles. The van der Waals surface area contributed by atoms with Crippen LogP contribution in [0.1, 0.15) is 0 Å². The van der Waals surface area contributed by atoms with Gasteiger partial charge in [0.05, 0.1) is 10.4 Å². The lowest BCUT2D eigenvalue weighted by molar-refractivity contribution is 1.30. The molecule has 58 heavy (non-hydrogen) atoms. The number of thiophene rings is 1. The Morgan fingerprint density at radius 2 is 0.707 bits per heavy atom. The van der Waals surface area contributed by atoms with E-state index in [4.69, 9.17) is 0 Å². The summed E-state index contributed by atoms with van der Waals surface area (Å²) in [4.78, 5) is 2.45. The largest absolute Gasteiger partial charge is 0.309 e. The van der Waals surface area contributed by atoms with Crippen molar-refractivity contribution >= 4 is 70.1 Å². The van der Waals surface area contributed by atoms with Crippen molar-refractivity contribution in [3.05, 3.63) is 224 Å². The molecule has 2 heteroatoms. The molecule has 11 rings (SSSR count). The summed E-state index contributed by atoms with van der Waals surface area (Å²) in [7, 11) is 0. The van der Waals surface area contributed by atoms with Crippen molar-refractivity contribution in [3.63, 3.8) is 0 Å². The van der Waals surface area contributed by atoms with Gasteiger partial charge in [-0.2, -0.15) is 0 Å². The molecule has 272 valence electrons. The SMILES string of the molecule is c1ccc(-c2cccc3c2sc2c(N(c4ccc(-c5cccc6ccccc56)cc4)c4ccc(-c5cccc6ccccc56)cc4)ccc(-c4ccccc4)c23)cc1. The smallest absolute Gasteiger partial charge is 0.0640 e. The topological polar surface area (TPSA) is 3.24 Å². The fourth-order valence-corrected chi connectivity index (χ4v) is 10.1. The summed E-state index contributed by atoms with van der Waals surface area (Å²) < 4.78 is 2.56. The first-order valence-electron chi connectivity index (χ1n) is 19.8. The molecule has 0 saturated heterocycles. The van der Waals surface area contributed by atoms with Crippen LogP contribution in [-0.4, -0.2) is 0 Å². The van der Waals surface area contributed by atoms with E-state index in [9.17, 15) is 0 Å². The second-order valence-electron chi connectivity index (χ2n) is 14.8. The Balaban J connectivity index is 1.14. The lowest BCUT2D eigenvalue weighted by Crippen LogP contribution is -2.10. The van der Waals surface area contributed by atoms with Gasteiger partial charge in [0.1, 0.15) is 0 Å². The van der Waals surface area contributed by atoms with Gasteiger partial charge in [-0.05, 0) is 96.4 Å². The highest BCUT2D eigenvalue weighted by atomic mass is 32.1. The zero-order valence-corrected chi connectivity index (χ0v) is 32.5. The monoisotopic (exact) mass is 755 g/mol.